The highest BCUT2D eigenvalue weighted by atomic mass is 32.2. The summed E-state index contributed by atoms with van der Waals surface area (Å²) in [4.78, 5) is 1.25. The van der Waals surface area contributed by atoms with Crippen LogP contribution in [0.25, 0.3) is 0 Å². The first-order valence-electron chi connectivity index (χ1n) is 7.90. The molecule has 0 radical (unpaired) electrons. The average molecular weight is 303 g/mol. The minimum absolute atomic E-state index is 0.504. The highest BCUT2D eigenvalue weighted by Gasteiger charge is 2.33. The van der Waals surface area contributed by atoms with Gasteiger partial charge in [-0.15, -0.1) is 23.5 Å². The van der Waals surface area contributed by atoms with E-state index in [4.69, 9.17) is 0 Å². The SMILES string of the molecule is CCCCS/C=C(\SCCCC)C1(O)CCCCC1. The first-order valence-corrected chi connectivity index (χ1v) is 9.94. The van der Waals surface area contributed by atoms with Crippen molar-refractivity contribution < 1.29 is 5.11 Å². The molecule has 0 unspecified atom stereocenters. The van der Waals surface area contributed by atoms with E-state index in [2.05, 4.69) is 19.3 Å². The molecule has 0 heterocycles. The molecule has 0 aromatic carbocycles. The predicted molar refractivity (Wildman–Crippen MR) is 90.8 cm³/mol. The molecule has 0 amide bonds. The maximum atomic E-state index is 10.9. The van der Waals surface area contributed by atoms with Crippen LogP contribution < -0.4 is 0 Å². The Kier molecular flexibility index (Phi) is 9.34. The maximum Gasteiger partial charge on any atom is 0.0959 e. The molecule has 0 aromatic rings. The van der Waals surface area contributed by atoms with Crippen molar-refractivity contribution >= 4 is 23.5 Å². The van der Waals surface area contributed by atoms with Gasteiger partial charge in [0, 0.05) is 4.91 Å². The van der Waals surface area contributed by atoms with Crippen LogP contribution in [-0.2, 0) is 0 Å². The second kappa shape index (κ2) is 10.2. The Labute approximate surface area is 128 Å². The Morgan fingerprint density at radius 3 is 2.32 bits per heavy atom. The van der Waals surface area contributed by atoms with E-state index in [0.717, 1.165) is 18.6 Å². The molecule has 1 fully saturated rings. The smallest absolute Gasteiger partial charge is 0.0959 e. The van der Waals surface area contributed by atoms with E-state index in [1.54, 1.807) is 0 Å². The number of aliphatic hydroxyl groups is 1. The Hall–Kier alpha value is 0.400. The molecule has 0 atom stereocenters. The monoisotopic (exact) mass is 302 g/mol. The first-order chi connectivity index (χ1) is 9.23. The fourth-order valence-corrected chi connectivity index (χ4v) is 4.90. The molecule has 19 heavy (non-hydrogen) atoms. The van der Waals surface area contributed by atoms with Crippen LogP contribution in [-0.4, -0.2) is 22.2 Å². The van der Waals surface area contributed by atoms with Gasteiger partial charge in [0.2, 0.25) is 0 Å². The molecule has 112 valence electrons. The molecular weight excluding hydrogens is 272 g/mol. The van der Waals surface area contributed by atoms with Crippen molar-refractivity contribution in [1.82, 2.24) is 0 Å². The molecule has 1 aliphatic rings. The normalized spacial score (nSPS) is 19.6. The summed E-state index contributed by atoms with van der Waals surface area (Å²) in [5.41, 5.74) is -0.504. The van der Waals surface area contributed by atoms with Gasteiger partial charge in [0.1, 0.15) is 0 Å². The standard InChI is InChI=1S/C16H30OS2/c1-3-5-12-18-14-15(19-13-6-4-2)16(17)10-8-7-9-11-16/h14,17H,3-13H2,1-2H3/b15-14-. The van der Waals surface area contributed by atoms with Gasteiger partial charge in [-0.25, -0.2) is 0 Å². The van der Waals surface area contributed by atoms with Crippen LogP contribution in [0.1, 0.15) is 71.6 Å². The van der Waals surface area contributed by atoms with Gasteiger partial charge in [0.05, 0.1) is 5.60 Å². The summed E-state index contributed by atoms with van der Waals surface area (Å²) in [5, 5.41) is 13.1. The maximum absolute atomic E-state index is 10.9. The van der Waals surface area contributed by atoms with Gasteiger partial charge >= 0.3 is 0 Å². The predicted octanol–water partition coefficient (Wildman–Crippen LogP) is 5.59. The van der Waals surface area contributed by atoms with Gasteiger partial charge in [0.15, 0.2) is 0 Å². The van der Waals surface area contributed by atoms with Gasteiger partial charge in [-0.2, -0.15) is 0 Å². The molecular formula is C16H30OS2. The van der Waals surface area contributed by atoms with E-state index in [1.807, 2.05) is 23.5 Å². The summed E-state index contributed by atoms with van der Waals surface area (Å²) >= 11 is 3.79. The van der Waals surface area contributed by atoms with Crippen molar-refractivity contribution in [1.29, 1.82) is 0 Å². The molecule has 0 saturated heterocycles. The van der Waals surface area contributed by atoms with Crippen LogP contribution >= 0.6 is 23.5 Å². The van der Waals surface area contributed by atoms with Gasteiger partial charge in [0.25, 0.3) is 0 Å². The molecule has 1 nitrogen and oxygen atoms in total. The van der Waals surface area contributed by atoms with E-state index in [0.29, 0.717) is 0 Å². The van der Waals surface area contributed by atoms with Gasteiger partial charge < -0.3 is 5.11 Å². The summed E-state index contributed by atoms with van der Waals surface area (Å²) in [5.74, 6) is 2.34. The minimum Gasteiger partial charge on any atom is -0.385 e. The summed E-state index contributed by atoms with van der Waals surface area (Å²) in [7, 11) is 0. The molecule has 1 N–H and O–H groups in total. The molecule has 0 bridgehead atoms. The molecule has 0 aromatic heterocycles. The van der Waals surface area contributed by atoms with E-state index in [-0.39, 0.29) is 0 Å². The summed E-state index contributed by atoms with van der Waals surface area (Å²) in [6, 6.07) is 0. The fourth-order valence-electron chi connectivity index (χ4n) is 2.35. The van der Waals surface area contributed by atoms with Gasteiger partial charge in [-0.05, 0) is 42.6 Å². The number of hydrogen-bond acceptors (Lipinski definition) is 3. The van der Waals surface area contributed by atoms with E-state index in [1.165, 1.54) is 55.6 Å². The van der Waals surface area contributed by atoms with Crippen molar-refractivity contribution in [3.05, 3.63) is 10.3 Å². The summed E-state index contributed by atoms with van der Waals surface area (Å²) < 4.78 is 0. The van der Waals surface area contributed by atoms with Crippen molar-refractivity contribution in [2.24, 2.45) is 0 Å². The minimum atomic E-state index is -0.504. The second-order valence-electron chi connectivity index (χ2n) is 5.50. The van der Waals surface area contributed by atoms with Crippen LogP contribution in [0.2, 0.25) is 0 Å². The lowest BCUT2D eigenvalue weighted by Crippen LogP contribution is -2.32. The van der Waals surface area contributed by atoms with Crippen molar-refractivity contribution in [3.63, 3.8) is 0 Å². The van der Waals surface area contributed by atoms with Crippen molar-refractivity contribution in [3.8, 4) is 0 Å². The third-order valence-corrected chi connectivity index (χ3v) is 6.08. The van der Waals surface area contributed by atoms with Crippen LogP contribution in [0, 0.1) is 0 Å². The summed E-state index contributed by atoms with van der Waals surface area (Å²) in [6.45, 7) is 4.46. The van der Waals surface area contributed by atoms with Crippen LogP contribution in [0.4, 0.5) is 0 Å². The largest absolute Gasteiger partial charge is 0.385 e. The number of unbranched alkanes of at least 4 members (excludes halogenated alkanes) is 2. The molecule has 0 spiro atoms. The summed E-state index contributed by atoms with van der Waals surface area (Å²) in [6.07, 6.45) is 10.6. The Balaban J connectivity index is 2.55. The molecule has 3 heteroatoms. The zero-order chi connectivity index (χ0) is 14.0. The third kappa shape index (κ3) is 6.59. The van der Waals surface area contributed by atoms with Crippen molar-refractivity contribution in [2.45, 2.75) is 77.2 Å². The van der Waals surface area contributed by atoms with Gasteiger partial charge in [-0.1, -0.05) is 46.0 Å². The number of thioether (sulfide) groups is 2. The van der Waals surface area contributed by atoms with Gasteiger partial charge in [-0.3, -0.25) is 0 Å². The number of rotatable bonds is 9. The Bertz CT molecular complexity index is 257. The first kappa shape index (κ1) is 17.5. The lowest BCUT2D eigenvalue weighted by Gasteiger charge is -2.34. The topological polar surface area (TPSA) is 20.2 Å². The highest BCUT2D eigenvalue weighted by molar-refractivity contribution is 8.06. The van der Waals surface area contributed by atoms with Crippen molar-refractivity contribution in [2.75, 3.05) is 11.5 Å². The van der Waals surface area contributed by atoms with Crippen LogP contribution in [0.5, 0.6) is 0 Å². The Morgan fingerprint density at radius 2 is 1.68 bits per heavy atom. The van der Waals surface area contributed by atoms with E-state index >= 15 is 0 Å². The lowest BCUT2D eigenvalue weighted by molar-refractivity contribution is 0.0478. The highest BCUT2D eigenvalue weighted by Crippen LogP contribution is 2.41. The van der Waals surface area contributed by atoms with E-state index in [9.17, 15) is 5.11 Å². The molecule has 1 aliphatic carbocycles. The third-order valence-electron chi connectivity index (χ3n) is 3.70. The van der Waals surface area contributed by atoms with E-state index < -0.39 is 5.60 Å². The lowest BCUT2D eigenvalue weighted by atomic mass is 9.85. The Morgan fingerprint density at radius 1 is 1.05 bits per heavy atom. The zero-order valence-electron chi connectivity index (χ0n) is 12.6. The quantitative estimate of drug-likeness (QED) is 0.561. The van der Waals surface area contributed by atoms with Crippen LogP contribution in [0.15, 0.2) is 10.3 Å². The molecule has 1 saturated carbocycles. The van der Waals surface area contributed by atoms with Crippen LogP contribution in [0.3, 0.4) is 0 Å². The molecule has 0 aliphatic heterocycles. The second-order valence-corrected chi connectivity index (χ2v) is 7.61. The average Bonchev–Trinajstić information content (AvgIpc) is 2.42. The zero-order valence-corrected chi connectivity index (χ0v) is 14.3. The molecule has 1 rings (SSSR count). The number of hydrogen-bond donors (Lipinski definition) is 1. The fraction of sp³-hybridized carbons (Fsp3) is 0.875.